The van der Waals surface area contributed by atoms with Gasteiger partial charge in [0.05, 0.1) is 6.42 Å². The van der Waals surface area contributed by atoms with E-state index in [0.29, 0.717) is 24.8 Å². The average Bonchev–Trinajstić information content (AvgIpc) is 3.24. The van der Waals surface area contributed by atoms with E-state index >= 15 is 0 Å². The smallest absolute Gasteiger partial charge is 0.243 e. The van der Waals surface area contributed by atoms with Gasteiger partial charge in [0.25, 0.3) is 0 Å². The molecule has 2 amide bonds. The lowest BCUT2D eigenvalue weighted by molar-refractivity contribution is -0.130. The number of fused-ring (bicyclic) bond motifs is 1. The molecule has 0 spiro atoms. The maximum Gasteiger partial charge on any atom is 0.243 e. The summed E-state index contributed by atoms with van der Waals surface area (Å²) in [6, 6.07) is 12.0. The molecule has 0 aliphatic rings. The highest BCUT2D eigenvalue weighted by Crippen LogP contribution is 2.29. The van der Waals surface area contributed by atoms with Crippen LogP contribution in [0.1, 0.15) is 51.2 Å². The first-order valence-electron chi connectivity index (χ1n) is 12.0. The number of rotatable bonds is 11. The second kappa shape index (κ2) is 11.6. The van der Waals surface area contributed by atoms with Gasteiger partial charge >= 0.3 is 0 Å². The van der Waals surface area contributed by atoms with Gasteiger partial charge in [-0.15, -0.1) is 0 Å². The summed E-state index contributed by atoms with van der Waals surface area (Å²) in [5.41, 5.74) is 2.51. The van der Waals surface area contributed by atoms with Crippen molar-refractivity contribution in [3.05, 3.63) is 59.8 Å². The molecular formula is C27H35N3O4. The number of aryl methyl sites for hydroxylation is 1. The molecule has 34 heavy (non-hydrogen) atoms. The minimum absolute atomic E-state index is 0.0282. The highest BCUT2D eigenvalue weighted by atomic mass is 16.3. The maximum atomic E-state index is 13.2. The molecule has 1 heterocycles. The summed E-state index contributed by atoms with van der Waals surface area (Å²) in [6.45, 7) is 5.95. The number of carbonyl (C=O) groups is 2. The van der Waals surface area contributed by atoms with Crippen molar-refractivity contribution >= 4 is 22.7 Å². The van der Waals surface area contributed by atoms with Crippen molar-refractivity contribution in [1.82, 2.24) is 15.6 Å². The lowest BCUT2D eigenvalue weighted by Crippen LogP contribution is -2.52. The van der Waals surface area contributed by atoms with Crippen molar-refractivity contribution in [3.8, 4) is 11.5 Å². The normalized spacial score (nSPS) is 13.9. The molecule has 3 aromatic rings. The molecule has 0 aliphatic heterocycles. The zero-order valence-electron chi connectivity index (χ0n) is 20.1. The molecule has 0 radical (unpaired) electrons. The summed E-state index contributed by atoms with van der Waals surface area (Å²) in [4.78, 5) is 29.2. The van der Waals surface area contributed by atoms with Crippen molar-refractivity contribution < 1.29 is 19.8 Å². The van der Waals surface area contributed by atoms with Crippen LogP contribution in [0.5, 0.6) is 11.5 Å². The molecule has 2 unspecified atom stereocenters. The van der Waals surface area contributed by atoms with Crippen LogP contribution < -0.4 is 10.6 Å². The molecule has 3 rings (SSSR count). The van der Waals surface area contributed by atoms with Crippen molar-refractivity contribution in [2.75, 3.05) is 0 Å². The minimum atomic E-state index is -0.633. The fourth-order valence-corrected chi connectivity index (χ4v) is 4.16. The molecule has 1 aromatic heterocycles. The largest absolute Gasteiger partial charge is 0.504 e. The second-order valence-corrected chi connectivity index (χ2v) is 8.90. The van der Waals surface area contributed by atoms with E-state index in [1.807, 2.05) is 51.2 Å². The summed E-state index contributed by atoms with van der Waals surface area (Å²) >= 11 is 0. The lowest BCUT2D eigenvalue weighted by atomic mass is 9.96. The molecule has 0 fully saturated rings. The average molecular weight is 466 g/mol. The number of aromatic nitrogens is 1. The number of phenols is 2. The fourth-order valence-electron chi connectivity index (χ4n) is 4.16. The zero-order chi connectivity index (χ0) is 24.7. The zero-order valence-corrected chi connectivity index (χ0v) is 20.1. The molecule has 0 saturated carbocycles. The number of hydrogen-bond donors (Lipinski definition) is 5. The number of phenolic OH excluding ortho intramolecular Hbond substituents is 2. The molecule has 182 valence electrons. The van der Waals surface area contributed by atoms with Gasteiger partial charge in [0.1, 0.15) is 6.04 Å². The van der Waals surface area contributed by atoms with E-state index in [1.54, 1.807) is 12.1 Å². The van der Waals surface area contributed by atoms with E-state index < -0.39 is 6.04 Å². The summed E-state index contributed by atoms with van der Waals surface area (Å²) in [7, 11) is 0. The van der Waals surface area contributed by atoms with Crippen molar-refractivity contribution in [3.63, 3.8) is 0 Å². The first-order chi connectivity index (χ1) is 16.3. The van der Waals surface area contributed by atoms with Crippen LogP contribution in [0.2, 0.25) is 0 Å². The number of carbonyl (C=O) groups excluding carboxylic acids is 2. The first-order valence-corrected chi connectivity index (χ1v) is 12.0. The van der Waals surface area contributed by atoms with Gasteiger partial charge < -0.3 is 25.8 Å². The Morgan fingerprint density at radius 3 is 2.47 bits per heavy atom. The number of para-hydroxylation sites is 2. The van der Waals surface area contributed by atoms with Gasteiger partial charge in [-0.1, -0.05) is 57.5 Å². The quantitative estimate of drug-likeness (QED) is 0.273. The van der Waals surface area contributed by atoms with Gasteiger partial charge in [-0.25, -0.2) is 0 Å². The van der Waals surface area contributed by atoms with Crippen LogP contribution >= 0.6 is 0 Å². The Kier molecular flexibility index (Phi) is 8.57. The number of H-pyrrole nitrogens is 1. The van der Waals surface area contributed by atoms with Crippen molar-refractivity contribution in [1.29, 1.82) is 0 Å². The van der Waals surface area contributed by atoms with Crippen LogP contribution in [0.15, 0.2) is 48.7 Å². The Balaban J connectivity index is 1.63. The topological polar surface area (TPSA) is 114 Å². The Morgan fingerprint density at radius 2 is 1.74 bits per heavy atom. The van der Waals surface area contributed by atoms with Gasteiger partial charge in [0, 0.05) is 23.1 Å². The van der Waals surface area contributed by atoms with Crippen LogP contribution in [0.4, 0.5) is 0 Å². The predicted octanol–water partition coefficient (Wildman–Crippen LogP) is 4.18. The third-order valence-corrected chi connectivity index (χ3v) is 6.54. The Hall–Kier alpha value is -3.48. The minimum Gasteiger partial charge on any atom is -0.504 e. The first kappa shape index (κ1) is 25.1. The van der Waals surface area contributed by atoms with Crippen LogP contribution in [0, 0.1) is 5.92 Å². The van der Waals surface area contributed by atoms with E-state index in [4.69, 9.17) is 0 Å². The van der Waals surface area contributed by atoms with E-state index in [0.717, 1.165) is 22.9 Å². The van der Waals surface area contributed by atoms with Crippen LogP contribution in [-0.4, -0.2) is 39.1 Å². The van der Waals surface area contributed by atoms with Crippen LogP contribution in [0.25, 0.3) is 10.9 Å². The van der Waals surface area contributed by atoms with E-state index in [2.05, 4.69) is 15.6 Å². The number of aromatic amines is 1. The molecule has 0 aliphatic carbocycles. The van der Waals surface area contributed by atoms with E-state index in [1.165, 1.54) is 6.07 Å². The van der Waals surface area contributed by atoms with Crippen molar-refractivity contribution in [2.45, 2.75) is 65.0 Å². The Morgan fingerprint density at radius 1 is 0.971 bits per heavy atom. The molecule has 7 heteroatoms. The van der Waals surface area contributed by atoms with Crippen LogP contribution in [0.3, 0.4) is 0 Å². The van der Waals surface area contributed by atoms with E-state index in [-0.39, 0.29) is 41.7 Å². The van der Waals surface area contributed by atoms with Crippen LogP contribution in [-0.2, 0) is 22.4 Å². The number of aromatic hydroxyl groups is 2. The monoisotopic (exact) mass is 465 g/mol. The third-order valence-electron chi connectivity index (χ3n) is 6.54. The summed E-state index contributed by atoms with van der Waals surface area (Å²) in [5.74, 6) is -0.689. The number of amides is 2. The SMILES string of the molecule is CCC(CCc1cccc(O)c1O)NC(=O)[C@@H](NC(=O)Cc1c[nH]c2ccccc12)C(C)CC. The molecule has 7 nitrogen and oxygen atoms in total. The molecule has 3 atom stereocenters. The second-order valence-electron chi connectivity index (χ2n) is 8.90. The summed E-state index contributed by atoms with van der Waals surface area (Å²) in [6.07, 6.45) is 4.61. The van der Waals surface area contributed by atoms with Gasteiger partial charge in [0.2, 0.25) is 11.8 Å². The van der Waals surface area contributed by atoms with Gasteiger partial charge in [0.15, 0.2) is 11.5 Å². The number of hydrogen-bond acceptors (Lipinski definition) is 4. The molecule has 0 saturated heterocycles. The van der Waals surface area contributed by atoms with Gasteiger partial charge in [-0.05, 0) is 48.4 Å². The highest BCUT2D eigenvalue weighted by Gasteiger charge is 2.27. The van der Waals surface area contributed by atoms with E-state index in [9.17, 15) is 19.8 Å². The van der Waals surface area contributed by atoms with Crippen molar-refractivity contribution in [2.24, 2.45) is 5.92 Å². The Labute approximate surface area is 200 Å². The van der Waals surface area contributed by atoms with Gasteiger partial charge in [-0.2, -0.15) is 0 Å². The summed E-state index contributed by atoms with van der Waals surface area (Å²) in [5, 5.41) is 26.8. The molecule has 2 aromatic carbocycles. The van der Waals surface area contributed by atoms with Gasteiger partial charge in [-0.3, -0.25) is 9.59 Å². The number of nitrogens with one attached hydrogen (secondary N) is 3. The lowest BCUT2D eigenvalue weighted by Gasteiger charge is -2.26. The number of benzene rings is 2. The molecule has 5 N–H and O–H groups in total. The fraction of sp³-hybridized carbons (Fsp3) is 0.407. The molecule has 0 bridgehead atoms. The standard InChI is InChI=1S/C27H35N3O4/c1-4-17(3)25(30-24(32)15-19-16-28-22-11-7-6-10-21(19)22)27(34)29-20(5-2)14-13-18-9-8-12-23(31)26(18)33/h6-12,16-17,20,25,28,31,33H,4-5,13-15H2,1-3H3,(H,29,34)(H,30,32)/t17?,20?,25-/m0/s1. The maximum absolute atomic E-state index is 13.2. The Bertz CT molecular complexity index is 1120. The third kappa shape index (κ3) is 6.10. The summed E-state index contributed by atoms with van der Waals surface area (Å²) < 4.78 is 0. The highest BCUT2D eigenvalue weighted by molar-refractivity contribution is 5.92. The molecular weight excluding hydrogens is 430 g/mol. The predicted molar refractivity (Wildman–Crippen MR) is 134 cm³/mol.